The molecular weight excluding hydrogens is 192 g/mol. The van der Waals surface area contributed by atoms with E-state index in [1.807, 2.05) is 0 Å². The third-order valence-corrected chi connectivity index (χ3v) is 3.60. The monoisotopic (exact) mass is 212 g/mol. The third kappa shape index (κ3) is 2.01. The Kier molecular flexibility index (Phi) is 2.73. The van der Waals surface area contributed by atoms with Crippen LogP contribution in [0.2, 0.25) is 0 Å². The van der Waals surface area contributed by atoms with Crippen LogP contribution in [-0.2, 0) is 9.53 Å². The molecule has 2 aliphatic rings. The maximum Gasteiger partial charge on any atom is 0.320 e. The average Bonchev–Trinajstić information content (AvgIpc) is 2.56. The first-order chi connectivity index (χ1) is 7.00. The lowest BCUT2D eigenvalue weighted by atomic mass is 9.97. The summed E-state index contributed by atoms with van der Waals surface area (Å²) in [6, 6.07) is 0.572. The number of nitrogens with two attached hydrogens (primary N) is 1. The minimum absolute atomic E-state index is 0.0689. The minimum Gasteiger partial charge on any atom is -0.463 e. The summed E-state index contributed by atoms with van der Waals surface area (Å²) >= 11 is 0. The number of hydrogen-bond donors (Lipinski definition) is 1. The van der Waals surface area contributed by atoms with E-state index in [0.717, 1.165) is 12.8 Å². The fraction of sp³-hybridized carbons (Fsp3) is 0.909. The van der Waals surface area contributed by atoms with E-state index in [2.05, 4.69) is 18.7 Å². The summed E-state index contributed by atoms with van der Waals surface area (Å²) in [5.74, 6) is -0.117. The second kappa shape index (κ2) is 3.76. The number of rotatable bonds is 1. The van der Waals surface area contributed by atoms with Gasteiger partial charge in [0.05, 0.1) is 12.1 Å². The fourth-order valence-corrected chi connectivity index (χ4v) is 2.66. The van der Waals surface area contributed by atoms with E-state index in [1.54, 1.807) is 0 Å². The van der Waals surface area contributed by atoms with E-state index in [-0.39, 0.29) is 17.6 Å². The zero-order valence-corrected chi connectivity index (χ0v) is 9.53. The summed E-state index contributed by atoms with van der Waals surface area (Å²) in [5, 5.41) is 0. The van der Waals surface area contributed by atoms with E-state index < -0.39 is 0 Å². The van der Waals surface area contributed by atoms with Crippen molar-refractivity contribution in [2.75, 3.05) is 13.2 Å². The van der Waals surface area contributed by atoms with Crippen LogP contribution in [0.5, 0.6) is 0 Å². The van der Waals surface area contributed by atoms with Gasteiger partial charge in [0, 0.05) is 12.1 Å². The van der Waals surface area contributed by atoms with Gasteiger partial charge in [-0.25, -0.2) is 0 Å². The number of esters is 1. The molecule has 2 unspecified atom stereocenters. The van der Waals surface area contributed by atoms with Gasteiger partial charge >= 0.3 is 5.97 Å². The van der Waals surface area contributed by atoms with Gasteiger partial charge in [0.25, 0.3) is 0 Å². The molecule has 0 spiro atoms. The van der Waals surface area contributed by atoms with Gasteiger partial charge in [-0.1, -0.05) is 6.42 Å². The summed E-state index contributed by atoms with van der Waals surface area (Å²) in [6.45, 7) is 5.11. The SMILES string of the molecule is CC1(C)COC(=O)CN1C1CCCC1N. The van der Waals surface area contributed by atoms with Crippen LogP contribution in [0.15, 0.2) is 0 Å². The highest BCUT2D eigenvalue weighted by atomic mass is 16.5. The number of ether oxygens (including phenoxy) is 1. The van der Waals surface area contributed by atoms with Gasteiger partial charge in [-0.15, -0.1) is 0 Å². The van der Waals surface area contributed by atoms with Crippen molar-refractivity contribution in [1.29, 1.82) is 0 Å². The van der Waals surface area contributed by atoms with Crippen LogP contribution in [0, 0.1) is 0 Å². The second-order valence-corrected chi connectivity index (χ2v) is 5.26. The second-order valence-electron chi connectivity index (χ2n) is 5.26. The first kappa shape index (κ1) is 10.9. The zero-order valence-electron chi connectivity index (χ0n) is 9.53. The van der Waals surface area contributed by atoms with Crippen LogP contribution < -0.4 is 5.73 Å². The Labute approximate surface area is 90.8 Å². The zero-order chi connectivity index (χ0) is 11.1. The summed E-state index contributed by atoms with van der Waals surface area (Å²) in [5.41, 5.74) is 6.01. The smallest absolute Gasteiger partial charge is 0.320 e. The Bertz CT molecular complexity index is 265. The molecule has 1 aliphatic heterocycles. The summed E-state index contributed by atoms with van der Waals surface area (Å²) in [6.07, 6.45) is 3.36. The van der Waals surface area contributed by atoms with Crippen LogP contribution in [0.25, 0.3) is 0 Å². The molecule has 2 rings (SSSR count). The molecule has 1 heterocycles. The number of morpholine rings is 1. The van der Waals surface area contributed by atoms with E-state index in [0.29, 0.717) is 19.2 Å². The van der Waals surface area contributed by atoms with E-state index in [9.17, 15) is 4.79 Å². The molecule has 0 amide bonds. The van der Waals surface area contributed by atoms with Crippen molar-refractivity contribution in [3.63, 3.8) is 0 Å². The Morgan fingerprint density at radius 3 is 2.80 bits per heavy atom. The predicted molar refractivity (Wildman–Crippen MR) is 57.4 cm³/mol. The molecule has 2 fully saturated rings. The number of carbonyl (C=O) groups excluding carboxylic acids is 1. The first-order valence-electron chi connectivity index (χ1n) is 5.69. The topological polar surface area (TPSA) is 55.6 Å². The van der Waals surface area contributed by atoms with Gasteiger partial charge in [0.15, 0.2) is 0 Å². The number of cyclic esters (lactones) is 1. The molecule has 1 saturated heterocycles. The van der Waals surface area contributed by atoms with Crippen LogP contribution in [-0.4, -0.2) is 41.6 Å². The average molecular weight is 212 g/mol. The number of carbonyl (C=O) groups is 1. The molecule has 2 N–H and O–H groups in total. The Balaban J connectivity index is 2.13. The molecule has 1 aliphatic carbocycles. The van der Waals surface area contributed by atoms with Gasteiger partial charge in [-0.2, -0.15) is 0 Å². The van der Waals surface area contributed by atoms with Gasteiger partial charge in [-0.05, 0) is 26.7 Å². The van der Waals surface area contributed by atoms with Gasteiger partial charge < -0.3 is 10.5 Å². The number of nitrogens with zero attached hydrogens (tertiary/aromatic N) is 1. The quantitative estimate of drug-likeness (QED) is 0.643. The molecule has 0 aromatic rings. The Morgan fingerprint density at radius 1 is 1.47 bits per heavy atom. The van der Waals surface area contributed by atoms with Crippen molar-refractivity contribution < 1.29 is 9.53 Å². The minimum atomic E-state index is -0.117. The van der Waals surface area contributed by atoms with Crippen LogP contribution in [0.4, 0.5) is 0 Å². The molecule has 4 heteroatoms. The largest absolute Gasteiger partial charge is 0.463 e. The summed E-state index contributed by atoms with van der Waals surface area (Å²) < 4.78 is 5.10. The molecular formula is C11H20N2O2. The maximum absolute atomic E-state index is 11.3. The normalized spacial score (nSPS) is 36.6. The van der Waals surface area contributed by atoms with Crippen LogP contribution >= 0.6 is 0 Å². The molecule has 0 bridgehead atoms. The molecule has 1 saturated carbocycles. The van der Waals surface area contributed by atoms with E-state index in [4.69, 9.17) is 10.5 Å². The molecule has 2 atom stereocenters. The highest BCUT2D eigenvalue weighted by Crippen LogP contribution is 2.30. The van der Waals surface area contributed by atoms with Crippen molar-refractivity contribution in [3.05, 3.63) is 0 Å². The van der Waals surface area contributed by atoms with Crippen molar-refractivity contribution in [2.45, 2.75) is 50.7 Å². The van der Waals surface area contributed by atoms with Gasteiger partial charge in [0.2, 0.25) is 0 Å². The Morgan fingerprint density at radius 2 is 2.20 bits per heavy atom. The van der Waals surface area contributed by atoms with Crippen molar-refractivity contribution in [2.24, 2.45) is 5.73 Å². The summed E-state index contributed by atoms with van der Waals surface area (Å²) in [4.78, 5) is 13.6. The molecule has 0 radical (unpaired) electrons. The molecule has 86 valence electrons. The van der Waals surface area contributed by atoms with Gasteiger partial charge in [0.1, 0.15) is 6.61 Å². The maximum atomic E-state index is 11.3. The van der Waals surface area contributed by atoms with Crippen molar-refractivity contribution in [3.8, 4) is 0 Å². The summed E-state index contributed by atoms with van der Waals surface area (Å²) in [7, 11) is 0. The van der Waals surface area contributed by atoms with Crippen molar-refractivity contribution in [1.82, 2.24) is 4.90 Å². The first-order valence-corrected chi connectivity index (χ1v) is 5.69. The Hall–Kier alpha value is -0.610. The van der Waals surface area contributed by atoms with Gasteiger partial charge in [-0.3, -0.25) is 9.69 Å². The predicted octanol–water partition coefficient (Wildman–Crippen LogP) is 0.504. The van der Waals surface area contributed by atoms with Crippen molar-refractivity contribution >= 4 is 5.97 Å². The number of hydrogen-bond acceptors (Lipinski definition) is 4. The third-order valence-electron chi connectivity index (χ3n) is 3.60. The van der Waals surface area contributed by atoms with Crippen LogP contribution in [0.3, 0.4) is 0 Å². The molecule has 15 heavy (non-hydrogen) atoms. The molecule has 4 nitrogen and oxygen atoms in total. The lowest BCUT2D eigenvalue weighted by Crippen LogP contribution is -2.61. The highest BCUT2D eigenvalue weighted by Gasteiger charge is 2.42. The highest BCUT2D eigenvalue weighted by molar-refractivity contribution is 5.72. The molecule has 0 aromatic heterocycles. The lowest BCUT2D eigenvalue weighted by molar-refractivity contribution is -0.163. The van der Waals surface area contributed by atoms with Crippen LogP contribution in [0.1, 0.15) is 33.1 Å². The molecule has 0 aromatic carbocycles. The van der Waals surface area contributed by atoms with E-state index >= 15 is 0 Å². The van der Waals surface area contributed by atoms with E-state index in [1.165, 1.54) is 6.42 Å². The standard InChI is InChI=1S/C11H20N2O2/c1-11(2)7-15-10(14)6-13(11)9-5-3-4-8(9)12/h8-9H,3-7,12H2,1-2H3. The lowest BCUT2D eigenvalue weighted by Gasteiger charge is -2.45. The fourth-order valence-electron chi connectivity index (χ4n) is 2.66.